The Hall–Kier alpha value is -2.57. The van der Waals surface area contributed by atoms with Gasteiger partial charge in [0.2, 0.25) is 0 Å². The minimum atomic E-state index is -2.00. The number of carbonyl (C=O) groups excluding carboxylic acids is 1. The third-order valence-corrected chi connectivity index (χ3v) is 11.8. The topological polar surface area (TPSA) is 54.0 Å². The van der Waals surface area contributed by atoms with Crippen LogP contribution >= 0.6 is 0 Å². The summed E-state index contributed by atoms with van der Waals surface area (Å²) in [5, 5.41) is 0.0856. The first-order chi connectivity index (χ1) is 18.5. The van der Waals surface area contributed by atoms with Crippen LogP contribution < -0.4 is 9.47 Å². The number of rotatable bonds is 16. The first-order valence-corrected chi connectivity index (χ1v) is 17.4. The number of hydrogen-bond donors (Lipinski definition) is 0. The Kier molecular flexibility index (Phi) is 13.3. The van der Waals surface area contributed by atoms with Crippen LogP contribution in [0.5, 0.6) is 11.5 Å². The van der Waals surface area contributed by atoms with Crippen LogP contribution in [0.1, 0.15) is 94.6 Å². The minimum Gasteiger partial charge on any atom is -0.490 e. The van der Waals surface area contributed by atoms with Gasteiger partial charge in [-0.2, -0.15) is 0 Å². The zero-order valence-electron chi connectivity index (χ0n) is 25.5. The van der Waals surface area contributed by atoms with E-state index in [-0.39, 0.29) is 11.0 Å². The molecule has 0 aliphatic heterocycles. The molecule has 216 valence electrons. The molecule has 0 fully saturated rings. The largest absolute Gasteiger partial charge is 0.490 e. The van der Waals surface area contributed by atoms with Gasteiger partial charge in [0.25, 0.3) is 0 Å². The Morgan fingerprint density at radius 2 is 1.46 bits per heavy atom. The Bertz CT molecular complexity index is 1070. The van der Waals surface area contributed by atoms with Crippen LogP contribution in [0.25, 0.3) is 11.6 Å². The number of ether oxygens (including phenoxy) is 3. The van der Waals surface area contributed by atoms with Crippen molar-refractivity contribution < 1.29 is 23.4 Å². The summed E-state index contributed by atoms with van der Waals surface area (Å²) < 4.78 is 23.9. The van der Waals surface area contributed by atoms with E-state index < -0.39 is 8.32 Å². The van der Waals surface area contributed by atoms with Crippen molar-refractivity contribution in [3.63, 3.8) is 0 Å². The van der Waals surface area contributed by atoms with E-state index in [1.54, 1.807) is 6.07 Å². The molecule has 6 heteroatoms. The molecule has 5 nitrogen and oxygen atoms in total. The van der Waals surface area contributed by atoms with E-state index >= 15 is 0 Å². The fraction of sp³-hybridized carbons (Fsp3) is 0.545. The zero-order valence-corrected chi connectivity index (χ0v) is 26.5. The molecule has 0 spiro atoms. The Morgan fingerprint density at radius 3 is 2.05 bits per heavy atom. The van der Waals surface area contributed by atoms with Gasteiger partial charge in [-0.3, -0.25) is 0 Å². The third-order valence-electron chi connectivity index (χ3n) is 7.37. The van der Waals surface area contributed by atoms with Crippen molar-refractivity contribution in [3.8, 4) is 11.5 Å². The summed E-state index contributed by atoms with van der Waals surface area (Å²) in [4.78, 5) is 12.3. The van der Waals surface area contributed by atoms with E-state index in [0.29, 0.717) is 25.4 Å². The standard InChI is InChI=1S/C33H50O5Si/c1-9-11-13-20-36-30-19-18-26(23-31(30)37-21-14-12-10-2)22-29(25-38-39(7,8)33(3,4)5)27-16-15-17-28(24-27)32(34)35-6/h15-19,22-24H,9-14,20-21,25H2,1-8H3. The Morgan fingerprint density at radius 1 is 0.846 bits per heavy atom. The molecule has 0 radical (unpaired) electrons. The van der Waals surface area contributed by atoms with Crippen molar-refractivity contribution in [2.75, 3.05) is 26.9 Å². The summed E-state index contributed by atoms with van der Waals surface area (Å²) in [6, 6.07) is 13.7. The lowest BCUT2D eigenvalue weighted by Gasteiger charge is -2.36. The summed E-state index contributed by atoms with van der Waals surface area (Å²) in [5.74, 6) is 1.20. The molecule has 0 N–H and O–H groups in total. The number of benzene rings is 2. The molecule has 2 rings (SSSR count). The maximum Gasteiger partial charge on any atom is 0.337 e. The van der Waals surface area contributed by atoms with Crippen LogP contribution in [0.15, 0.2) is 42.5 Å². The van der Waals surface area contributed by atoms with Gasteiger partial charge >= 0.3 is 5.97 Å². The average Bonchev–Trinajstić information content (AvgIpc) is 2.91. The molecule has 0 unspecified atom stereocenters. The molecule has 0 amide bonds. The summed E-state index contributed by atoms with van der Waals surface area (Å²) in [6.07, 6.45) is 8.76. The number of unbranched alkanes of at least 4 members (excludes halogenated alkanes) is 4. The lowest BCUT2D eigenvalue weighted by atomic mass is 10.0. The Balaban J connectivity index is 2.46. The van der Waals surface area contributed by atoms with Gasteiger partial charge in [-0.25, -0.2) is 4.79 Å². The highest BCUT2D eigenvalue weighted by Gasteiger charge is 2.37. The molecule has 0 saturated carbocycles. The normalized spacial score (nSPS) is 12.4. The maximum atomic E-state index is 12.3. The molecule has 0 aromatic heterocycles. The van der Waals surface area contributed by atoms with E-state index in [0.717, 1.165) is 66.7 Å². The highest BCUT2D eigenvalue weighted by atomic mass is 28.4. The molecule has 2 aromatic rings. The lowest BCUT2D eigenvalue weighted by molar-refractivity contribution is 0.0600. The highest BCUT2D eigenvalue weighted by molar-refractivity contribution is 6.74. The van der Waals surface area contributed by atoms with Gasteiger partial charge in [0.05, 0.1) is 32.5 Å². The van der Waals surface area contributed by atoms with Gasteiger partial charge in [-0.15, -0.1) is 0 Å². The lowest BCUT2D eigenvalue weighted by Crippen LogP contribution is -2.41. The molecular formula is C33H50O5Si. The van der Waals surface area contributed by atoms with Crippen LogP contribution in [0, 0.1) is 0 Å². The molecule has 0 aliphatic rings. The van der Waals surface area contributed by atoms with Crippen molar-refractivity contribution in [3.05, 3.63) is 59.2 Å². The van der Waals surface area contributed by atoms with E-state index in [2.05, 4.69) is 65.9 Å². The summed E-state index contributed by atoms with van der Waals surface area (Å²) in [6.45, 7) is 17.4. The van der Waals surface area contributed by atoms with Crippen LogP contribution in [-0.2, 0) is 9.16 Å². The van der Waals surface area contributed by atoms with Gasteiger partial charge in [0.1, 0.15) is 0 Å². The van der Waals surface area contributed by atoms with Gasteiger partial charge < -0.3 is 18.6 Å². The van der Waals surface area contributed by atoms with Gasteiger partial charge in [0, 0.05) is 0 Å². The van der Waals surface area contributed by atoms with Crippen molar-refractivity contribution in [1.82, 2.24) is 0 Å². The highest BCUT2D eigenvalue weighted by Crippen LogP contribution is 2.38. The molecule has 0 atom stereocenters. The fourth-order valence-electron chi connectivity index (χ4n) is 3.76. The SMILES string of the molecule is CCCCCOc1ccc(C=C(CO[Si](C)(C)C(C)(C)C)c2cccc(C(=O)OC)c2)cc1OCCCCC. The summed E-state index contributed by atoms with van der Waals surface area (Å²) >= 11 is 0. The van der Waals surface area contributed by atoms with Gasteiger partial charge in [-0.1, -0.05) is 78.5 Å². The quantitative estimate of drug-likeness (QED) is 0.0896. The second-order valence-electron chi connectivity index (χ2n) is 11.6. The van der Waals surface area contributed by atoms with Crippen LogP contribution in [-0.4, -0.2) is 41.2 Å². The smallest absolute Gasteiger partial charge is 0.337 e. The summed E-state index contributed by atoms with van der Waals surface area (Å²) in [5.41, 5.74) is 3.45. The molecule has 2 aromatic carbocycles. The molecular weight excluding hydrogens is 504 g/mol. The predicted octanol–water partition coefficient (Wildman–Crippen LogP) is 9.17. The number of hydrogen-bond acceptors (Lipinski definition) is 5. The maximum absolute atomic E-state index is 12.3. The van der Waals surface area contributed by atoms with Crippen molar-refractivity contribution in [1.29, 1.82) is 0 Å². The van der Waals surface area contributed by atoms with E-state index in [9.17, 15) is 4.79 Å². The van der Waals surface area contributed by atoms with Crippen molar-refractivity contribution in [2.45, 2.75) is 91.3 Å². The third kappa shape index (κ3) is 10.5. The molecule has 0 aliphatic carbocycles. The first kappa shape index (κ1) is 32.6. The number of carbonyl (C=O) groups is 1. The fourth-order valence-corrected chi connectivity index (χ4v) is 4.71. The van der Waals surface area contributed by atoms with Crippen molar-refractivity contribution >= 4 is 25.9 Å². The van der Waals surface area contributed by atoms with E-state index in [1.165, 1.54) is 7.11 Å². The van der Waals surface area contributed by atoms with Gasteiger partial charge in [0.15, 0.2) is 19.8 Å². The molecule has 39 heavy (non-hydrogen) atoms. The van der Waals surface area contributed by atoms with E-state index in [1.807, 2.05) is 24.3 Å². The predicted molar refractivity (Wildman–Crippen MR) is 165 cm³/mol. The average molecular weight is 555 g/mol. The second-order valence-corrected chi connectivity index (χ2v) is 16.4. The van der Waals surface area contributed by atoms with Crippen LogP contribution in [0.3, 0.4) is 0 Å². The van der Waals surface area contributed by atoms with Gasteiger partial charge in [-0.05, 0) is 78.0 Å². The van der Waals surface area contributed by atoms with Crippen molar-refractivity contribution in [2.24, 2.45) is 0 Å². The Labute approximate surface area is 238 Å². The molecule has 0 bridgehead atoms. The monoisotopic (exact) mass is 554 g/mol. The second kappa shape index (κ2) is 15.9. The zero-order chi connectivity index (χ0) is 28.9. The minimum absolute atomic E-state index is 0.0856. The first-order valence-electron chi connectivity index (χ1n) is 14.4. The molecule has 0 heterocycles. The number of esters is 1. The number of methoxy groups -OCH3 is 1. The van der Waals surface area contributed by atoms with E-state index in [4.69, 9.17) is 18.6 Å². The summed E-state index contributed by atoms with van der Waals surface area (Å²) in [7, 11) is -0.602. The van der Waals surface area contributed by atoms with Crippen LogP contribution in [0.4, 0.5) is 0 Å². The van der Waals surface area contributed by atoms with Crippen LogP contribution in [0.2, 0.25) is 18.1 Å². The molecule has 0 saturated heterocycles.